The molecule has 0 bridgehead atoms. The van der Waals surface area contributed by atoms with E-state index in [-0.39, 0.29) is 18.4 Å². The van der Waals surface area contributed by atoms with E-state index in [1.165, 1.54) is 0 Å². The first-order chi connectivity index (χ1) is 16.5. The maximum atomic E-state index is 13.3. The van der Waals surface area contributed by atoms with Crippen LogP contribution in [0.4, 0.5) is 11.4 Å². The van der Waals surface area contributed by atoms with Crippen LogP contribution >= 0.6 is 27.5 Å². The average molecular weight is 538 g/mol. The van der Waals surface area contributed by atoms with Crippen LogP contribution < -0.4 is 15.0 Å². The summed E-state index contributed by atoms with van der Waals surface area (Å²) in [7, 11) is 0. The molecule has 0 saturated carbocycles. The molecule has 0 aliphatic carbocycles. The van der Waals surface area contributed by atoms with Crippen molar-refractivity contribution < 1.29 is 14.3 Å². The van der Waals surface area contributed by atoms with Crippen LogP contribution in [-0.2, 0) is 4.79 Å². The van der Waals surface area contributed by atoms with E-state index in [0.717, 1.165) is 16.5 Å². The number of hydrogen-bond donors (Lipinski definition) is 1. The molecule has 5 nitrogen and oxygen atoms in total. The molecule has 1 N–H and O–H groups in total. The summed E-state index contributed by atoms with van der Waals surface area (Å²) in [6, 6.07) is 25.9. The molecule has 4 aromatic rings. The number of anilines is 2. The average Bonchev–Trinajstić information content (AvgIpc) is 2.84. The molecule has 172 valence electrons. The van der Waals surface area contributed by atoms with Crippen molar-refractivity contribution >= 4 is 61.5 Å². The predicted octanol–water partition coefficient (Wildman–Crippen LogP) is 6.94. The van der Waals surface area contributed by atoms with E-state index in [1.807, 2.05) is 49.4 Å². The molecule has 2 amide bonds. The third-order valence-electron chi connectivity index (χ3n) is 5.29. The van der Waals surface area contributed by atoms with Crippen molar-refractivity contribution in [3.63, 3.8) is 0 Å². The number of carbonyl (C=O) groups is 2. The second-order valence-electron chi connectivity index (χ2n) is 7.54. The summed E-state index contributed by atoms with van der Waals surface area (Å²) in [5, 5.41) is 5.45. The highest BCUT2D eigenvalue weighted by atomic mass is 79.9. The molecule has 7 heteroatoms. The molecule has 0 atom stereocenters. The van der Waals surface area contributed by atoms with E-state index in [4.69, 9.17) is 16.3 Å². The summed E-state index contributed by atoms with van der Waals surface area (Å²) in [6.45, 7) is 2.32. The van der Waals surface area contributed by atoms with Gasteiger partial charge < -0.3 is 15.0 Å². The molecule has 34 heavy (non-hydrogen) atoms. The molecule has 4 rings (SSSR count). The molecule has 0 fully saturated rings. The largest absolute Gasteiger partial charge is 0.483 e. The lowest BCUT2D eigenvalue weighted by atomic mass is 10.1. The van der Waals surface area contributed by atoms with Crippen LogP contribution in [0.1, 0.15) is 17.3 Å². The van der Waals surface area contributed by atoms with Gasteiger partial charge in [0.15, 0.2) is 6.61 Å². The lowest BCUT2D eigenvalue weighted by Gasteiger charge is -2.23. The Hall–Kier alpha value is -3.35. The van der Waals surface area contributed by atoms with Crippen molar-refractivity contribution in [1.29, 1.82) is 0 Å². The van der Waals surface area contributed by atoms with Crippen LogP contribution in [0.2, 0.25) is 5.02 Å². The fourth-order valence-corrected chi connectivity index (χ4v) is 4.45. The quantitative estimate of drug-likeness (QED) is 0.278. The maximum absolute atomic E-state index is 13.3. The molecule has 0 aliphatic rings. The molecule has 0 spiro atoms. The molecule has 4 aromatic carbocycles. The summed E-state index contributed by atoms with van der Waals surface area (Å²) in [5.74, 6) is 0.105. The first-order valence-electron chi connectivity index (χ1n) is 10.7. The fraction of sp³-hybridized carbons (Fsp3) is 0.111. The van der Waals surface area contributed by atoms with Gasteiger partial charge in [0.1, 0.15) is 5.75 Å². The number of fused-ring (bicyclic) bond motifs is 1. The van der Waals surface area contributed by atoms with Gasteiger partial charge in [-0.25, -0.2) is 0 Å². The zero-order valence-corrected chi connectivity index (χ0v) is 20.8. The third-order valence-corrected chi connectivity index (χ3v) is 6.14. The Morgan fingerprint density at radius 3 is 2.44 bits per heavy atom. The Morgan fingerprint density at radius 2 is 1.71 bits per heavy atom. The topological polar surface area (TPSA) is 58.6 Å². The summed E-state index contributed by atoms with van der Waals surface area (Å²) in [5.41, 5.74) is 1.98. The van der Waals surface area contributed by atoms with Crippen LogP contribution in [0, 0.1) is 0 Å². The highest BCUT2D eigenvalue weighted by molar-refractivity contribution is 9.10. The Bertz CT molecular complexity index is 1340. The zero-order chi connectivity index (χ0) is 24.1. The van der Waals surface area contributed by atoms with Crippen LogP contribution in [-0.4, -0.2) is 25.0 Å². The van der Waals surface area contributed by atoms with Crippen molar-refractivity contribution in [2.24, 2.45) is 0 Å². The monoisotopic (exact) mass is 536 g/mol. The van der Waals surface area contributed by atoms with E-state index < -0.39 is 0 Å². The summed E-state index contributed by atoms with van der Waals surface area (Å²) in [6.07, 6.45) is 0. The van der Waals surface area contributed by atoms with Crippen LogP contribution in [0.25, 0.3) is 10.8 Å². The van der Waals surface area contributed by atoms with Crippen molar-refractivity contribution in [1.82, 2.24) is 0 Å². The van der Waals surface area contributed by atoms with Gasteiger partial charge >= 0.3 is 0 Å². The summed E-state index contributed by atoms with van der Waals surface area (Å²) < 4.78 is 6.21. The number of amides is 2. The lowest BCUT2D eigenvalue weighted by Crippen LogP contribution is -2.30. The van der Waals surface area contributed by atoms with Crippen molar-refractivity contribution in [2.75, 3.05) is 23.4 Å². The van der Waals surface area contributed by atoms with E-state index in [1.54, 1.807) is 47.4 Å². The molecule has 0 aliphatic heterocycles. The van der Waals surface area contributed by atoms with Gasteiger partial charge in [-0.2, -0.15) is 0 Å². The Kier molecular flexibility index (Phi) is 7.50. The van der Waals surface area contributed by atoms with Gasteiger partial charge in [-0.15, -0.1) is 0 Å². The highest BCUT2D eigenvalue weighted by Gasteiger charge is 2.18. The van der Waals surface area contributed by atoms with Gasteiger partial charge in [-0.1, -0.05) is 48.0 Å². The van der Waals surface area contributed by atoms with Crippen LogP contribution in [0.5, 0.6) is 5.75 Å². The number of halogens is 2. The van der Waals surface area contributed by atoms with Crippen LogP contribution in [0.15, 0.2) is 89.4 Å². The standard InChI is InChI=1S/C27H22BrClN2O3/c1-2-31(24-9-5-7-18-6-3-4-8-22(18)24)27(33)19-10-13-21(14-11-19)30-26(32)17-34-25-15-12-20(29)16-23(25)28/h3-16H,2,17H2,1H3,(H,30,32). The predicted molar refractivity (Wildman–Crippen MR) is 141 cm³/mol. The van der Waals surface area contributed by atoms with Gasteiger partial charge in [0.05, 0.1) is 10.2 Å². The van der Waals surface area contributed by atoms with Gasteiger partial charge in [-0.05, 0) is 76.8 Å². The third kappa shape index (κ3) is 5.41. The zero-order valence-electron chi connectivity index (χ0n) is 18.4. The molecule has 0 saturated heterocycles. The smallest absolute Gasteiger partial charge is 0.262 e. The molecule has 0 unspecified atom stereocenters. The van der Waals surface area contributed by atoms with Crippen LogP contribution in [0.3, 0.4) is 0 Å². The first kappa shape index (κ1) is 23.8. The highest BCUT2D eigenvalue weighted by Crippen LogP contribution is 2.29. The second-order valence-corrected chi connectivity index (χ2v) is 8.83. The minimum Gasteiger partial charge on any atom is -0.483 e. The summed E-state index contributed by atoms with van der Waals surface area (Å²) >= 11 is 9.28. The lowest BCUT2D eigenvalue weighted by molar-refractivity contribution is -0.118. The number of ether oxygens (including phenoxy) is 1. The van der Waals surface area contributed by atoms with E-state index in [9.17, 15) is 9.59 Å². The first-order valence-corrected chi connectivity index (χ1v) is 11.9. The van der Waals surface area contributed by atoms with Gasteiger partial charge in [0.25, 0.3) is 11.8 Å². The Labute approximate surface area is 211 Å². The summed E-state index contributed by atoms with van der Waals surface area (Å²) in [4.78, 5) is 27.3. The number of hydrogen-bond acceptors (Lipinski definition) is 3. The van der Waals surface area contributed by atoms with Gasteiger partial charge in [0, 0.05) is 28.2 Å². The minimum absolute atomic E-state index is 0.104. The number of rotatable bonds is 7. The number of benzene rings is 4. The molecular formula is C27H22BrClN2O3. The van der Waals surface area contributed by atoms with Crippen molar-refractivity contribution in [3.05, 3.63) is 100.0 Å². The molecule has 0 aromatic heterocycles. The number of carbonyl (C=O) groups excluding carboxylic acids is 2. The molecule has 0 radical (unpaired) electrons. The normalized spacial score (nSPS) is 10.7. The number of nitrogens with zero attached hydrogens (tertiary/aromatic N) is 1. The maximum Gasteiger partial charge on any atom is 0.262 e. The van der Waals surface area contributed by atoms with E-state index in [2.05, 4.69) is 21.2 Å². The molecule has 0 heterocycles. The van der Waals surface area contributed by atoms with Gasteiger partial charge in [0.2, 0.25) is 0 Å². The minimum atomic E-state index is -0.313. The van der Waals surface area contributed by atoms with Crippen molar-refractivity contribution in [3.8, 4) is 5.75 Å². The Balaban J connectivity index is 1.43. The second kappa shape index (κ2) is 10.7. The van der Waals surface area contributed by atoms with E-state index >= 15 is 0 Å². The number of nitrogens with one attached hydrogen (secondary N) is 1. The van der Waals surface area contributed by atoms with Crippen molar-refractivity contribution in [2.45, 2.75) is 6.92 Å². The Morgan fingerprint density at radius 1 is 0.971 bits per heavy atom. The molecular weight excluding hydrogens is 516 g/mol. The SMILES string of the molecule is CCN(C(=O)c1ccc(NC(=O)COc2ccc(Cl)cc2Br)cc1)c1cccc2ccccc12. The van der Waals surface area contributed by atoms with E-state index in [0.29, 0.717) is 33.0 Å². The van der Waals surface area contributed by atoms with Gasteiger partial charge in [-0.3, -0.25) is 9.59 Å². The fourth-order valence-electron chi connectivity index (χ4n) is 3.65.